The lowest BCUT2D eigenvalue weighted by Crippen LogP contribution is -2.22. The molecule has 5 heteroatoms. The highest BCUT2D eigenvalue weighted by molar-refractivity contribution is 7.98. The van der Waals surface area contributed by atoms with Crippen LogP contribution in [-0.2, 0) is 6.54 Å². The Morgan fingerprint density at radius 1 is 1.04 bits per heavy atom. The zero-order valence-corrected chi connectivity index (χ0v) is 14.5. The second-order valence-corrected chi connectivity index (χ2v) is 6.38. The van der Waals surface area contributed by atoms with Crippen molar-refractivity contribution in [1.82, 2.24) is 10.3 Å². The Labute approximate surface area is 150 Å². The van der Waals surface area contributed by atoms with Gasteiger partial charge >= 0.3 is 0 Å². The van der Waals surface area contributed by atoms with Crippen LogP contribution in [0.15, 0.2) is 71.9 Å². The Hall–Kier alpha value is -2.66. The quantitative estimate of drug-likeness (QED) is 0.686. The normalized spacial score (nSPS) is 10.5. The molecule has 0 saturated carbocycles. The lowest BCUT2D eigenvalue weighted by atomic mass is 10.1. The van der Waals surface area contributed by atoms with E-state index in [1.807, 2.05) is 30.5 Å². The third kappa shape index (κ3) is 4.45. The van der Waals surface area contributed by atoms with Crippen molar-refractivity contribution >= 4 is 17.7 Å². The number of hydrogen-bond donors (Lipinski definition) is 1. The van der Waals surface area contributed by atoms with Gasteiger partial charge in [0.2, 0.25) is 0 Å². The van der Waals surface area contributed by atoms with Crippen LogP contribution in [-0.4, -0.2) is 17.1 Å². The van der Waals surface area contributed by atoms with E-state index in [1.54, 1.807) is 36.2 Å². The molecule has 0 bridgehead atoms. The van der Waals surface area contributed by atoms with Crippen molar-refractivity contribution in [1.29, 1.82) is 0 Å². The Morgan fingerprint density at radius 3 is 2.44 bits per heavy atom. The van der Waals surface area contributed by atoms with Crippen molar-refractivity contribution < 1.29 is 9.18 Å². The molecule has 0 spiro atoms. The summed E-state index contributed by atoms with van der Waals surface area (Å²) < 4.78 is 13.0. The van der Waals surface area contributed by atoms with Crippen molar-refractivity contribution in [3.8, 4) is 11.1 Å². The van der Waals surface area contributed by atoms with E-state index in [2.05, 4.69) is 10.3 Å². The van der Waals surface area contributed by atoms with E-state index in [0.717, 1.165) is 16.7 Å². The van der Waals surface area contributed by atoms with Crippen LogP contribution < -0.4 is 5.32 Å². The van der Waals surface area contributed by atoms with Gasteiger partial charge in [-0.1, -0.05) is 24.3 Å². The average Bonchev–Trinajstić information content (AvgIpc) is 2.67. The van der Waals surface area contributed by atoms with E-state index in [0.29, 0.717) is 12.1 Å². The number of carbonyl (C=O) groups is 1. The summed E-state index contributed by atoms with van der Waals surface area (Å²) in [5, 5.41) is 2.89. The maximum Gasteiger partial charge on any atom is 0.253 e. The van der Waals surface area contributed by atoms with Crippen LogP contribution in [0.2, 0.25) is 0 Å². The van der Waals surface area contributed by atoms with Gasteiger partial charge in [0, 0.05) is 29.4 Å². The van der Waals surface area contributed by atoms with E-state index in [1.165, 1.54) is 23.2 Å². The summed E-state index contributed by atoms with van der Waals surface area (Å²) >= 11 is 1.68. The van der Waals surface area contributed by atoms with Gasteiger partial charge in [-0.05, 0) is 47.7 Å². The summed E-state index contributed by atoms with van der Waals surface area (Å²) in [5.74, 6) is -0.483. The number of amides is 1. The largest absolute Gasteiger partial charge is 0.348 e. The molecule has 0 unspecified atom stereocenters. The number of thioether (sulfide) groups is 1. The zero-order chi connectivity index (χ0) is 17.6. The van der Waals surface area contributed by atoms with Crippen molar-refractivity contribution in [2.75, 3.05) is 6.26 Å². The van der Waals surface area contributed by atoms with Crippen LogP contribution in [0.3, 0.4) is 0 Å². The molecule has 0 atom stereocenters. The van der Waals surface area contributed by atoms with Gasteiger partial charge in [0.05, 0.1) is 5.56 Å². The minimum atomic E-state index is -0.293. The summed E-state index contributed by atoms with van der Waals surface area (Å²) in [7, 11) is 0. The molecule has 3 nitrogen and oxygen atoms in total. The van der Waals surface area contributed by atoms with Crippen LogP contribution in [0, 0.1) is 5.82 Å². The summed E-state index contributed by atoms with van der Waals surface area (Å²) in [6.45, 7) is 0.453. The number of hydrogen-bond acceptors (Lipinski definition) is 3. The number of nitrogens with zero attached hydrogens (tertiary/aromatic N) is 1. The Bertz CT molecular complexity index is 864. The first kappa shape index (κ1) is 17.2. The van der Waals surface area contributed by atoms with Crippen LogP contribution in [0.25, 0.3) is 11.1 Å². The minimum Gasteiger partial charge on any atom is -0.348 e. The molecule has 0 saturated heterocycles. The molecule has 1 aromatic heterocycles. The lowest BCUT2D eigenvalue weighted by Gasteiger charge is -2.07. The number of nitrogens with one attached hydrogen (secondary N) is 1. The number of pyridine rings is 1. The molecular formula is C20H17FN2OS. The van der Waals surface area contributed by atoms with Gasteiger partial charge in [0.1, 0.15) is 5.82 Å². The van der Waals surface area contributed by atoms with Crippen LogP contribution in [0.1, 0.15) is 15.9 Å². The lowest BCUT2D eigenvalue weighted by molar-refractivity contribution is 0.0950. The smallest absolute Gasteiger partial charge is 0.253 e. The first-order valence-corrected chi connectivity index (χ1v) is 9.00. The third-order valence-electron chi connectivity index (χ3n) is 3.79. The SMILES string of the molecule is CSc1ccc(CNC(=O)c2cncc(-c3ccc(F)cc3)c2)cc1. The predicted molar refractivity (Wildman–Crippen MR) is 99.0 cm³/mol. The summed E-state index contributed by atoms with van der Waals surface area (Å²) in [6, 6.07) is 15.9. The molecule has 2 aromatic carbocycles. The molecule has 126 valence electrons. The molecular weight excluding hydrogens is 335 g/mol. The predicted octanol–water partition coefficient (Wildman–Crippen LogP) is 4.54. The second kappa shape index (κ2) is 7.94. The minimum absolute atomic E-state index is 0.189. The van der Waals surface area contributed by atoms with Crippen molar-refractivity contribution in [2.45, 2.75) is 11.4 Å². The molecule has 1 heterocycles. The molecule has 3 aromatic rings. The van der Waals surface area contributed by atoms with Crippen LogP contribution in [0.5, 0.6) is 0 Å². The van der Waals surface area contributed by atoms with Crippen molar-refractivity contribution in [3.63, 3.8) is 0 Å². The number of halogens is 1. The monoisotopic (exact) mass is 352 g/mol. The molecule has 0 fully saturated rings. The van der Waals surface area contributed by atoms with E-state index in [-0.39, 0.29) is 11.7 Å². The molecule has 0 aliphatic rings. The van der Waals surface area contributed by atoms with Gasteiger partial charge in [-0.15, -0.1) is 11.8 Å². The molecule has 0 radical (unpaired) electrons. The molecule has 0 aliphatic carbocycles. The maximum absolute atomic E-state index is 13.0. The first-order valence-electron chi connectivity index (χ1n) is 7.78. The number of carbonyl (C=O) groups excluding carboxylic acids is 1. The molecule has 1 N–H and O–H groups in total. The first-order chi connectivity index (χ1) is 12.2. The van der Waals surface area contributed by atoms with Crippen molar-refractivity contribution in [3.05, 3.63) is 83.9 Å². The third-order valence-corrected chi connectivity index (χ3v) is 4.53. The molecule has 1 amide bonds. The molecule has 25 heavy (non-hydrogen) atoms. The maximum atomic E-state index is 13.0. The highest BCUT2D eigenvalue weighted by Crippen LogP contribution is 2.20. The van der Waals surface area contributed by atoms with Crippen LogP contribution >= 0.6 is 11.8 Å². The zero-order valence-electron chi connectivity index (χ0n) is 13.7. The number of rotatable bonds is 5. The number of benzene rings is 2. The van der Waals surface area contributed by atoms with E-state index >= 15 is 0 Å². The fraction of sp³-hybridized carbons (Fsp3) is 0.100. The van der Waals surface area contributed by atoms with Gasteiger partial charge in [0.15, 0.2) is 0 Å². The van der Waals surface area contributed by atoms with Crippen molar-refractivity contribution in [2.24, 2.45) is 0 Å². The van der Waals surface area contributed by atoms with E-state index in [9.17, 15) is 9.18 Å². The fourth-order valence-corrected chi connectivity index (χ4v) is 2.80. The Kier molecular flexibility index (Phi) is 5.46. The standard InChI is InChI=1S/C20H17FN2OS/c1-25-19-8-2-14(3-9-19)11-23-20(24)17-10-16(12-22-13-17)15-4-6-18(21)7-5-15/h2-10,12-13H,11H2,1H3,(H,23,24). The Balaban J connectivity index is 1.69. The van der Waals surface area contributed by atoms with E-state index in [4.69, 9.17) is 0 Å². The van der Waals surface area contributed by atoms with Gasteiger partial charge in [-0.3, -0.25) is 9.78 Å². The number of aromatic nitrogens is 1. The highest BCUT2D eigenvalue weighted by Gasteiger charge is 2.08. The molecule has 0 aliphatic heterocycles. The summed E-state index contributed by atoms with van der Waals surface area (Å²) in [5.41, 5.74) is 3.10. The van der Waals surface area contributed by atoms with Gasteiger partial charge in [0.25, 0.3) is 5.91 Å². The summed E-state index contributed by atoms with van der Waals surface area (Å²) in [6.07, 6.45) is 5.21. The van der Waals surface area contributed by atoms with Gasteiger partial charge in [-0.25, -0.2) is 4.39 Å². The Morgan fingerprint density at radius 2 is 1.76 bits per heavy atom. The van der Waals surface area contributed by atoms with Gasteiger partial charge < -0.3 is 5.32 Å². The van der Waals surface area contributed by atoms with E-state index < -0.39 is 0 Å². The fourth-order valence-electron chi connectivity index (χ4n) is 2.39. The highest BCUT2D eigenvalue weighted by atomic mass is 32.2. The van der Waals surface area contributed by atoms with Gasteiger partial charge in [-0.2, -0.15) is 0 Å². The summed E-state index contributed by atoms with van der Waals surface area (Å²) in [4.78, 5) is 17.7. The second-order valence-electron chi connectivity index (χ2n) is 5.50. The molecule has 3 rings (SSSR count). The topological polar surface area (TPSA) is 42.0 Å². The average molecular weight is 352 g/mol. The van der Waals surface area contributed by atoms with Crippen LogP contribution in [0.4, 0.5) is 4.39 Å².